The van der Waals surface area contributed by atoms with Crippen LogP contribution in [0.4, 0.5) is 23.0 Å². The van der Waals surface area contributed by atoms with E-state index in [-0.39, 0.29) is 0 Å². The van der Waals surface area contributed by atoms with Gasteiger partial charge in [-0.05, 0) is 12.1 Å². The summed E-state index contributed by atoms with van der Waals surface area (Å²) in [7, 11) is 3.70. The van der Waals surface area contributed by atoms with E-state index in [0.29, 0.717) is 22.3 Å². The van der Waals surface area contributed by atoms with E-state index in [0.717, 1.165) is 5.69 Å². The van der Waals surface area contributed by atoms with Crippen LogP contribution < -0.4 is 16.5 Å². The molecule has 0 aliphatic heterocycles. The minimum Gasteiger partial charge on any atom is -0.393 e. The molecule has 0 spiro atoms. The van der Waals surface area contributed by atoms with E-state index in [9.17, 15) is 0 Å². The van der Waals surface area contributed by atoms with E-state index in [2.05, 4.69) is 20.7 Å². The zero-order valence-corrected chi connectivity index (χ0v) is 11.4. The number of rotatable bonds is 4. The molecule has 6 nitrogen and oxygen atoms in total. The van der Waals surface area contributed by atoms with E-state index in [1.165, 1.54) is 6.33 Å². The van der Waals surface area contributed by atoms with E-state index in [1.54, 1.807) is 11.1 Å². The average molecular weight is 279 g/mol. The molecular formula is C12H15ClN6. The second-order valence-electron chi connectivity index (χ2n) is 4.10. The van der Waals surface area contributed by atoms with Gasteiger partial charge in [-0.25, -0.2) is 15.0 Å². The Kier molecular flexibility index (Phi) is 4.03. The van der Waals surface area contributed by atoms with Crippen molar-refractivity contribution in [3.63, 3.8) is 0 Å². The van der Waals surface area contributed by atoms with E-state index in [1.807, 2.05) is 32.3 Å². The molecular weight excluding hydrogens is 264 g/mol. The fourth-order valence-corrected chi connectivity index (χ4v) is 1.67. The van der Waals surface area contributed by atoms with Crippen LogP contribution in [0.2, 0.25) is 5.02 Å². The number of hydrazine groups is 1. The lowest BCUT2D eigenvalue weighted by Gasteiger charge is -2.16. The van der Waals surface area contributed by atoms with Gasteiger partial charge in [0.25, 0.3) is 0 Å². The smallest absolute Gasteiger partial charge is 0.169 e. The molecule has 0 amide bonds. The first-order valence-electron chi connectivity index (χ1n) is 5.64. The number of aromatic nitrogens is 2. The first-order chi connectivity index (χ1) is 9.08. The summed E-state index contributed by atoms with van der Waals surface area (Å²) in [6.07, 6.45) is 1.43. The number of nitrogen functional groups attached to an aromatic ring is 1. The second kappa shape index (κ2) is 5.73. The van der Waals surface area contributed by atoms with Gasteiger partial charge in [0.2, 0.25) is 0 Å². The molecule has 0 aliphatic rings. The molecule has 0 bridgehead atoms. The fraction of sp³-hybridized carbons (Fsp3) is 0.167. The molecule has 0 saturated carbocycles. The lowest BCUT2D eigenvalue weighted by molar-refractivity contribution is 0.492. The van der Waals surface area contributed by atoms with Crippen molar-refractivity contribution in [1.82, 2.24) is 15.0 Å². The molecule has 19 heavy (non-hydrogen) atoms. The largest absolute Gasteiger partial charge is 0.393 e. The van der Waals surface area contributed by atoms with Gasteiger partial charge in [0.05, 0.1) is 10.7 Å². The number of nitrogens with zero attached hydrogens (tertiary/aromatic N) is 3. The van der Waals surface area contributed by atoms with Gasteiger partial charge in [0.1, 0.15) is 12.0 Å². The van der Waals surface area contributed by atoms with Gasteiger partial charge in [0.15, 0.2) is 11.6 Å². The molecule has 0 aliphatic carbocycles. The highest BCUT2D eigenvalue weighted by Gasteiger charge is 2.09. The number of halogens is 1. The Morgan fingerprint density at radius 1 is 1.16 bits per heavy atom. The molecule has 100 valence electrons. The van der Waals surface area contributed by atoms with Crippen molar-refractivity contribution < 1.29 is 0 Å². The number of hydrogen-bond donors (Lipinski definition) is 3. The highest BCUT2D eigenvalue weighted by molar-refractivity contribution is 6.33. The second-order valence-corrected chi connectivity index (χ2v) is 4.50. The molecule has 0 unspecified atom stereocenters. The Balaban J connectivity index is 2.28. The SMILES string of the molecule is CN(C)Nc1ncnc(Nc2ccccc2Cl)c1N. The summed E-state index contributed by atoms with van der Waals surface area (Å²) >= 11 is 6.08. The number of nitrogens with one attached hydrogen (secondary N) is 2. The molecule has 0 fully saturated rings. The molecule has 0 atom stereocenters. The van der Waals surface area contributed by atoms with Crippen LogP contribution >= 0.6 is 11.6 Å². The van der Waals surface area contributed by atoms with Crippen molar-refractivity contribution in [2.75, 3.05) is 30.6 Å². The molecule has 2 aromatic rings. The van der Waals surface area contributed by atoms with Crippen LogP contribution in [0, 0.1) is 0 Å². The van der Waals surface area contributed by atoms with Crippen LogP contribution in [0.25, 0.3) is 0 Å². The molecule has 1 aromatic heterocycles. The van der Waals surface area contributed by atoms with E-state index >= 15 is 0 Å². The van der Waals surface area contributed by atoms with Crippen LogP contribution in [0.3, 0.4) is 0 Å². The van der Waals surface area contributed by atoms with Crippen LogP contribution in [-0.2, 0) is 0 Å². The molecule has 0 saturated heterocycles. The lowest BCUT2D eigenvalue weighted by Crippen LogP contribution is -2.21. The van der Waals surface area contributed by atoms with Crippen molar-refractivity contribution in [3.05, 3.63) is 35.6 Å². The predicted molar refractivity (Wildman–Crippen MR) is 78.5 cm³/mol. The van der Waals surface area contributed by atoms with Crippen molar-refractivity contribution in [2.24, 2.45) is 0 Å². The maximum Gasteiger partial charge on any atom is 0.169 e. The molecule has 4 N–H and O–H groups in total. The molecule has 1 aromatic carbocycles. The van der Waals surface area contributed by atoms with Gasteiger partial charge in [0, 0.05) is 14.1 Å². The maximum atomic E-state index is 6.08. The Bertz CT molecular complexity index is 572. The minimum atomic E-state index is 0.427. The van der Waals surface area contributed by atoms with Gasteiger partial charge in [-0.3, -0.25) is 0 Å². The summed E-state index contributed by atoms with van der Waals surface area (Å²) in [5, 5.41) is 5.44. The fourth-order valence-electron chi connectivity index (χ4n) is 1.49. The summed E-state index contributed by atoms with van der Waals surface area (Å²) in [6.45, 7) is 0. The third kappa shape index (κ3) is 3.24. The van der Waals surface area contributed by atoms with Crippen molar-refractivity contribution in [2.45, 2.75) is 0 Å². The van der Waals surface area contributed by atoms with Gasteiger partial charge in [-0.1, -0.05) is 23.7 Å². The summed E-state index contributed by atoms with van der Waals surface area (Å²) in [4.78, 5) is 8.20. The zero-order chi connectivity index (χ0) is 13.8. The van der Waals surface area contributed by atoms with Crippen molar-refractivity contribution in [3.8, 4) is 0 Å². The Labute approximate surface area is 116 Å². The summed E-state index contributed by atoms with van der Waals surface area (Å²) < 4.78 is 0. The van der Waals surface area contributed by atoms with Crippen molar-refractivity contribution >= 4 is 34.6 Å². The third-order valence-electron chi connectivity index (χ3n) is 2.34. The minimum absolute atomic E-state index is 0.427. The van der Waals surface area contributed by atoms with Crippen LogP contribution in [0.15, 0.2) is 30.6 Å². The Morgan fingerprint density at radius 3 is 2.53 bits per heavy atom. The summed E-state index contributed by atoms with van der Waals surface area (Å²) in [5.74, 6) is 1.04. The van der Waals surface area contributed by atoms with E-state index < -0.39 is 0 Å². The predicted octanol–water partition coefficient (Wildman–Crippen LogP) is 2.34. The van der Waals surface area contributed by atoms with Crippen LogP contribution in [-0.4, -0.2) is 29.1 Å². The maximum absolute atomic E-state index is 6.08. The van der Waals surface area contributed by atoms with Crippen LogP contribution in [0.1, 0.15) is 0 Å². The van der Waals surface area contributed by atoms with E-state index in [4.69, 9.17) is 17.3 Å². The molecule has 1 heterocycles. The van der Waals surface area contributed by atoms with Gasteiger partial charge in [-0.15, -0.1) is 0 Å². The van der Waals surface area contributed by atoms with Gasteiger partial charge < -0.3 is 16.5 Å². The first-order valence-corrected chi connectivity index (χ1v) is 6.01. The third-order valence-corrected chi connectivity index (χ3v) is 2.67. The van der Waals surface area contributed by atoms with Gasteiger partial charge >= 0.3 is 0 Å². The van der Waals surface area contributed by atoms with Gasteiger partial charge in [-0.2, -0.15) is 0 Å². The van der Waals surface area contributed by atoms with Crippen molar-refractivity contribution in [1.29, 1.82) is 0 Å². The number of para-hydroxylation sites is 1. The number of nitrogens with two attached hydrogens (primary N) is 1. The monoisotopic (exact) mass is 278 g/mol. The number of anilines is 4. The number of hydrogen-bond acceptors (Lipinski definition) is 6. The molecule has 0 radical (unpaired) electrons. The Morgan fingerprint density at radius 2 is 1.84 bits per heavy atom. The Hall–Kier alpha value is -2.05. The molecule has 7 heteroatoms. The topological polar surface area (TPSA) is 79.1 Å². The lowest BCUT2D eigenvalue weighted by atomic mass is 10.3. The summed E-state index contributed by atoms with van der Waals surface area (Å²) in [5.41, 5.74) is 10.2. The first kappa shape index (κ1) is 13.4. The van der Waals surface area contributed by atoms with Crippen LogP contribution in [0.5, 0.6) is 0 Å². The average Bonchev–Trinajstić information content (AvgIpc) is 2.36. The summed E-state index contributed by atoms with van der Waals surface area (Å²) in [6, 6.07) is 7.38. The quantitative estimate of drug-likeness (QED) is 0.745. The molecule has 2 rings (SSSR count). The number of benzene rings is 1. The normalized spacial score (nSPS) is 10.5. The zero-order valence-electron chi connectivity index (χ0n) is 10.7. The standard InChI is InChI=1S/C12H15ClN6/c1-19(2)18-12-10(14)11(15-7-16-12)17-9-6-4-3-5-8(9)13/h3-7H,14H2,1-2H3,(H2,15,16,17,18). The highest BCUT2D eigenvalue weighted by atomic mass is 35.5. The highest BCUT2D eigenvalue weighted by Crippen LogP contribution is 2.29.